The predicted molar refractivity (Wildman–Crippen MR) is 112 cm³/mol. The Kier molecular flexibility index (Phi) is 3.92. The van der Waals surface area contributed by atoms with Crippen LogP contribution < -0.4 is 0 Å². The minimum absolute atomic E-state index is 0.0500. The van der Waals surface area contributed by atoms with Crippen molar-refractivity contribution in [2.75, 3.05) is 0 Å². The molecule has 0 unspecified atom stereocenters. The number of rotatable bonds is 3. The van der Waals surface area contributed by atoms with Gasteiger partial charge in [-0.15, -0.1) is 0 Å². The number of hydrogen-bond donors (Lipinski definition) is 1. The Morgan fingerprint density at radius 2 is 1.57 bits per heavy atom. The van der Waals surface area contributed by atoms with Crippen LogP contribution in [-0.2, 0) is 6.61 Å². The van der Waals surface area contributed by atoms with Gasteiger partial charge in [-0.2, -0.15) is 0 Å². The molecule has 0 aliphatic heterocycles. The fourth-order valence-electron chi connectivity index (χ4n) is 3.94. The van der Waals surface area contributed by atoms with E-state index in [2.05, 4.69) is 45.7 Å². The molecular weight excluding hydrogens is 346 g/mol. The number of aliphatic hydroxyl groups is 1. The molecule has 5 aromatic rings. The third-order valence-electron chi connectivity index (χ3n) is 5.26. The van der Waals surface area contributed by atoms with Crippen LogP contribution in [0.15, 0.2) is 79.4 Å². The van der Waals surface area contributed by atoms with E-state index in [4.69, 9.17) is 0 Å². The minimum Gasteiger partial charge on any atom is -0.392 e. The molecule has 28 heavy (non-hydrogen) atoms. The smallest absolute Gasteiger partial charge is 0.0682 e. The first-order valence-electron chi connectivity index (χ1n) is 9.25. The first kappa shape index (κ1) is 16.7. The van der Waals surface area contributed by atoms with Gasteiger partial charge in [0, 0.05) is 41.2 Å². The molecular formula is C24H19N3O. The minimum atomic E-state index is 0.0500. The van der Waals surface area contributed by atoms with Crippen molar-refractivity contribution in [1.29, 1.82) is 0 Å². The predicted octanol–water partition coefficient (Wildman–Crippen LogP) is 5.04. The second-order valence-electron chi connectivity index (χ2n) is 6.98. The molecule has 0 amide bonds. The van der Waals surface area contributed by atoms with Crippen molar-refractivity contribution in [3.05, 3.63) is 90.5 Å². The number of aliphatic hydroxyl groups excluding tert-OH is 1. The van der Waals surface area contributed by atoms with E-state index in [1.165, 1.54) is 11.1 Å². The summed E-state index contributed by atoms with van der Waals surface area (Å²) < 4.78 is 2.26. The Hall–Kier alpha value is -3.50. The van der Waals surface area contributed by atoms with Gasteiger partial charge in [-0.05, 0) is 59.5 Å². The molecule has 0 aliphatic carbocycles. The van der Waals surface area contributed by atoms with E-state index < -0.39 is 0 Å². The maximum absolute atomic E-state index is 9.44. The van der Waals surface area contributed by atoms with E-state index in [0.717, 1.165) is 38.6 Å². The SMILES string of the molecule is Cc1cc(-n2c3ccncc3c3cnccc32)ccc1-c1cccc(CO)c1. The maximum Gasteiger partial charge on any atom is 0.0682 e. The first-order chi connectivity index (χ1) is 13.8. The number of aromatic nitrogens is 3. The van der Waals surface area contributed by atoms with Gasteiger partial charge in [-0.3, -0.25) is 9.97 Å². The zero-order chi connectivity index (χ0) is 19.1. The number of benzene rings is 2. The number of fused-ring (bicyclic) bond motifs is 3. The highest BCUT2D eigenvalue weighted by Gasteiger charge is 2.13. The quantitative estimate of drug-likeness (QED) is 0.487. The summed E-state index contributed by atoms with van der Waals surface area (Å²) in [5.41, 5.74) is 7.74. The summed E-state index contributed by atoms with van der Waals surface area (Å²) in [7, 11) is 0. The Balaban J connectivity index is 1.71. The van der Waals surface area contributed by atoms with Gasteiger partial charge in [0.05, 0.1) is 17.6 Å². The second kappa shape index (κ2) is 6.59. The van der Waals surface area contributed by atoms with E-state index in [1.807, 2.05) is 55.1 Å². The van der Waals surface area contributed by atoms with Crippen LogP contribution in [-0.4, -0.2) is 19.6 Å². The van der Waals surface area contributed by atoms with E-state index in [0.29, 0.717) is 0 Å². The monoisotopic (exact) mass is 365 g/mol. The van der Waals surface area contributed by atoms with Crippen molar-refractivity contribution in [2.45, 2.75) is 13.5 Å². The highest BCUT2D eigenvalue weighted by molar-refractivity contribution is 6.08. The van der Waals surface area contributed by atoms with Crippen molar-refractivity contribution in [3.8, 4) is 16.8 Å². The Morgan fingerprint density at radius 1 is 0.857 bits per heavy atom. The van der Waals surface area contributed by atoms with Gasteiger partial charge < -0.3 is 9.67 Å². The first-order valence-corrected chi connectivity index (χ1v) is 9.25. The van der Waals surface area contributed by atoms with Crippen LogP contribution in [0.3, 0.4) is 0 Å². The molecule has 0 saturated heterocycles. The van der Waals surface area contributed by atoms with E-state index in [1.54, 1.807) is 0 Å². The van der Waals surface area contributed by atoms with Crippen LogP contribution in [0.5, 0.6) is 0 Å². The van der Waals surface area contributed by atoms with E-state index >= 15 is 0 Å². The highest BCUT2D eigenvalue weighted by atomic mass is 16.3. The highest BCUT2D eigenvalue weighted by Crippen LogP contribution is 2.33. The summed E-state index contributed by atoms with van der Waals surface area (Å²) in [6, 6.07) is 18.6. The molecule has 0 atom stereocenters. The summed E-state index contributed by atoms with van der Waals surface area (Å²) in [5.74, 6) is 0. The molecule has 3 heterocycles. The molecule has 0 saturated carbocycles. The maximum atomic E-state index is 9.44. The summed E-state index contributed by atoms with van der Waals surface area (Å²) in [4.78, 5) is 8.59. The molecule has 0 fully saturated rings. The zero-order valence-corrected chi connectivity index (χ0v) is 15.5. The van der Waals surface area contributed by atoms with Crippen LogP contribution in [0.1, 0.15) is 11.1 Å². The number of nitrogens with zero attached hydrogens (tertiary/aromatic N) is 3. The molecule has 136 valence electrons. The Bertz CT molecular complexity index is 1270. The standard InChI is InChI=1S/C24H19N3O/c1-16-11-19(5-6-20(16)18-4-2-3-17(12-18)15-28)27-23-7-9-25-13-21(23)22-14-26-10-8-24(22)27/h2-14,28H,15H2,1H3. The van der Waals surface area contributed by atoms with E-state index in [9.17, 15) is 5.11 Å². The second-order valence-corrected chi connectivity index (χ2v) is 6.98. The molecule has 4 heteroatoms. The molecule has 0 radical (unpaired) electrons. The number of pyridine rings is 2. The van der Waals surface area contributed by atoms with Crippen LogP contribution >= 0.6 is 0 Å². The topological polar surface area (TPSA) is 50.9 Å². The lowest BCUT2D eigenvalue weighted by molar-refractivity contribution is 0.282. The van der Waals surface area contributed by atoms with Gasteiger partial charge in [0.15, 0.2) is 0 Å². The largest absolute Gasteiger partial charge is 0.392 e. The molecule has 0 spiro atoms. The number of hydrogen-bond acceptors (Lipinski definition) is 3. The molecule has 1 N–H and O–H groups in total. The number of aryl methyl sites for hydroxylation is 1. The fourth-order valence-corrected chi connectivity index (χ4v) is 3.94. The lowest BCUT2D eigenvalue weighted by Gasteiger charge is -2.12. The van der Waals surface area contributed by atoms with Crippen molar-refractivity contribution in [3.63, 3.8) is 0 Å². The summed E-state index contributed by atoms with van der Waals surface area (Å²) >= 11 is 0. The molecule has 2 aromatic carbocycles. The van der Waals surface area contributed by atoms with Crippen LogP contribution in [0.25, 0.3) is 38.6 Å². The van der Waals surface area contributed by atoms with E-state index in [-0.39, 0.29) is 6.61 Å². The van der Waals surface area contributed by atoms with Gasteiger partial charge in [-0.1, -0.05) is 24.3 Å². The van der Waals surface area contributed by atoms with Gasteiger partial charge in [0.1, 0.15) is 0 Å². The molecule has 0 aliphatic rings. The molecule has 3 aromatic heterocycles. The normalized spacial score (nSPS) is 11.4. The summed E-state index contributed by atoms with van der Waals surface area (Å²) in [6.07, 6.45) is 7.45. The third kappa shape index (κ3) is 2.58. The van der Waals surface area contributed by atoms with Crippen molar-refractivity contribution < 1.29 is 5.11 Å². The summed E-state index contributed by atoms with van der Waals surface area (Å²) in [6.45, 7) is 2.18. The Labute approximate surface area is 162 Å². The Morgan fingerprint density at radius 3 is 2.21 bits per heavy atom. The zero-order valence-electron chi connectivity index (χ0n) is 15.5. The lowest BCUT2D eigenvalue weighted by Crippen LogP contribution is -1.96. The lowest BCUT2D eigenvalue weighted by atomic mass is 9.98. The average molecular weight is 365 g/mol. The summed E-state index contributed by atoms with van der Waals surface area (Å²) in [5, 5.41) is 11.6. The van der Waals surface area contributed by atoms with Gasteiger partial charge >= 0.3 is 0 Å². The van der Waals surface area contributed by atoms with Crippen LogP contribution in [0.4, 0.5) is 0 Å². The molecule has 4 nitrogen and oxygen atoms in total. The van der Waals surface area contributed by atoms with Gasteiger partial charge in [0.25, 0.3) is 0 Å². The average Bonchev–Trinajstić information content (AvgIpc) is 3.08. The molecule has 0 bridgehead atoms. The fraction of sp³-hybridized carbons (Fsp3) is 0.0833. The van der Waals surface area contributed by atoms with Crippen molar-refractivity contribution >= 4 is 21.8 Å². The van der Waals surface area contributed by atoms with Crippen LogP contribution in [0, 0.1) is 6.92 Å². The van der Waals surface area contributed by atoms with Gasteiger partial charge in [-0.25, -0.2) is 0 Å². The van der Waals surface area contributed by atoms with Crippen molar-refractivity contribution in [1.82, 2.24) is 14.5 Å². The van der Waals surface area contributed by atoms with Crippen molar-refractivity contribution in [2.24, 2.45) is 0 Å². The van der Waals surface area contributed by atoms with Crippen LogP contribution in [0.2, 0.25) is 0 Å². The van der Waals surface area contributed by atoms with Gasteiger partial charge in [0.2, 0.25) is 0 Å². The molecule has 5 rings (SSSR count). The third-order valence-corrected chi connectivity index (χ3v) is 5.26.